The van der Waals surface area contributed by atoms with Crippen molar-refractivity contribution in [3.05, 3.63) is 59.3 Å². The highest BCUT2D eigenvalue weighted by atomic mass is 16.6. The molecule has 0 saturated carbocycles. The first-order chi connectivity index (χ1) is 16.2. The molecular weight excluding hydrogens is 414 g/mol. The summed E-state index contributed by atoms with van der Waals surface area (Å²) >= 11 is 0. The molecule has 6 heteroatoms. The number of aromatic nitrogens is 1. The standard InChI is InChI=1S/C27H35N3O3/c31-25(30-24(20-33-27(30)32)19-21-11-6-5-7-12-21)15-9-4-2-1-3-8-14-23-17-16-22-13-10-18-28-26(22)29-23/h5-7,11-12,16-17,24H,1-4,8-10,13-15,18-20H2,(H,28,29). The minimum Gasteiger partial charge on any atom is -0.447 e. The third-order valence-electron chi connectivity index (χ3n) is 6.57. The zero-order valence-corrected chi connectivity index (χ0v) is 19.4. The van der Waals surface area contributed by atoms with Crippen molar-refractivity contribution in [2.75, 3.05) is 18.5 Å². The number of carbonyl (C=O) groups excluding carboxylic acids is 2. The number of hydrogen-bond acceptors (Lipinski definition) is 5. The molecule has 0 spiro atoms. The number of imide groups is 1. The quantitative estimate of drug-likeness (QED) is 0.471. The molecule has 3 heterocycles. The van der Waals surface area contributed by atoms with Gasteiger partial charge in [-0.05, 0) is 55.7 Å². The molecule has 1 aromatic carbocycles. The Morgan fingerprint density at radius 1 is 1.03 bits per heavy atom. The number of rotatable bonds is 11. The first-order valence-corrected chi connectivity index (χ1v) is 12.5. The Labute approximate surface area is 196 Å². The van der Waals surface area contributed by atoms with Gasteiger partial charge < -0.3 is 10.1 Å². The van der Waals surface area contributed by atoms with Crippen LogP contribution in [-0.4, -0.2) is 41.1 Å². The zero-order valence-electron chi connectivity index (χ0n) is 19.4. The highest BCUT2D eigenvalue weighted by Gasteiger charge is 2.37. The second kappa shape index (κ2) is 11.8. The normalized spacial score (nSPS) is 17.4. The van der Waals surface area contributed by atoms with E-state index in [-0.39, 0.29) is 18.6 Å². The lowest BCUT2D eigenvalue weighted by Gasteiger charge is -2.19. The molecule has 1 fully saturated rings. The van der Waals surface area contributed by atoms with Gasteiger partial charge in [-0.3, -0.25) is 4.79 Å². The molecule has 4 rings (SSSR count). The number of benzene rings is 1. The van der Waals surface area contributed by atoms with E-state index in [2.05, 4.69) is 17.4 Å². The lowest BCUT2D eigenvalue weighted by atomic mass is 10.0. The number of amides is 2. The average molecular weight is 450 g/mol. The minimum absolute atomic E-state index is 0.106. The lowest BCUT2D eigenvalue weighted by Crippen LogP contribution is -2.40. The molecule has 2 aromatic rings. The summed E-state index contributed by atoms with van der Waals surface area (Å²) in [4.78, 5) is 30.9. The Morgan fingerprint density at radius 3 is 2.67 bits per heavy atom. The molecular formula is C27H35N3O3. The summed E-state index contributed by atoms with van der Waals surface area (Å²) in [7, 11) is 0. The maximum atomic E-state index is 12.7. The van der Waals surface area contributed by atoms with Crippen molar-refractivity contribution < 1.29 is 14.3 Å². The number of unbranched alkanes of at least 4 members (excludes halogenated alkanes) is 5. The Bertz CT molecular complexity index is 931. The average Bonchev–Trinajstić information content (AvgIpc) is 3.21. The Kier molecular flexibility index (Phi) is 8.34. The zero-order chi connectivity index (χ0) is 22.9. The maximum Gasteiger partial charge on any atom is 0.416 e. The molecule has 2 aliphatic rings. The number of nitrogens with zero attached hydrogens (tertiary/aromatic N) is 2. The number of pyridine rings is 1. The largest absolute Gasteiger partial charge is 0.447 e. The molecule has 0 radical (unpaired) electrons. The maximum absolute atomic E-state index is 12.7. The molecule has 1 unspecified atom stereocenters. The highest BCUT2D eigenvalue weighted by molar-refractivity contribution is 5.93. The number of hydrogen-bond donors (Lipinski definition) is 1. The van der Waals surface area contributed by atoms with Crippen molar-refractivity contribution in [3.63, 3.8) is 0 Å². The Balaban J connectivity index is 1.09. The van der Waals surface area contributed by atoms with E-state index in [4.69, 9.17) is 9.72 Å². The first kappa shape index (κ1) is 23.3. The lowest BCUT2D eigenvalue weighted by molar-refractivity contribution is -0.129. The van der Waals surface area contributed by atoms with Crippen molar-refractivity contribution in [2.45, 2.75) is 76.7 Å². The molecule has 6 nitrogen and oxygen atoms in total. The highest BCUT2D eigenvalue weighted by Crippen LogP contribution is 2.21. The van der Waals surface area contributed by atoms with Crippen LogP contribution in [0.3, 0.4) is 0 Å². The fourth-order valence-electron chi connectivity index (χ4n) is 4.72. The molecule has 2 aliphatic heterocycles. The monoisotopic (exact) mass is 449 g/mol. The molecule has 176 valence electrons. The van der Waals surface area contributed by atoms with Crippen LogP contribution in [0.2, 0.25) is 0 Å². The van der Waals surface area contributed by atoms with Gasteiger partial charge in [-0.25, -0.2) is 14.7 Å². The number of anilines is 1. The Hall–Kier alpha value is -2.89. The summed E-state index contributed by atoms with van der Waals surface area (Å²) in [6.45, 7) is 1.31. The molecule has 0 bridgehead atoms. The Morgan fingerprint density at radius 2 is 1.82 bits per heavy atom. The van der Waals surface area contributed by atoms with Crippen LogP contribution < -0.4 is 5.32 Å². The van der Waals surface area contributed by atoms with E-state index < -0.39 is 6.09 Å². The van der Waals surface area contributed by atoms with Crippen LogP contribution >= 0.6 is 0 Å². The summed E-state index contributed by atoms with van der Waals surface area (Å²) in [5.41, 5.74) is 3.63. The second-order valence-corrected chi connectivity index (χ2v) is 9.15. The molecule has 0 aliphatic carbocycles. The van der Waals surface area contributed by atoms with E-state index in [1.54, 1.807) is 0 Å². The fraction of sp³-hybridized carbons (Fsp3) is 0.519. The van der Waals surface area contributed by atoms with E-state index in [0.717, 1.165) is 56.5 Å². The van der Waals surface area contributed by atoms with Gasteiger partial charge in [-0.1, -0.05) is 62.1 Å². The van der Waals surface area contributed by atoms with Gasteiger partial charge in [-0.2, -0.15) is 0 Å². The van der Waals surface area contributed by atoms with Crippen molar-refractivity contribution in [3.8, 4) is 0 Å². The molecule has 1 saturated heterocycles. The number of ether oxygens (including phenoxy) is 1. The SMILES string of the molecule is O=C(CCCCCCCCc1ccc2c(n1)NCCC2)N1C(=O)OCC1Cc1ccccc1. The van der Waals surface area contributed by atoms with Gasteiger partial charge in [0.15, 0.2) is 0 Å². The smallest absolute Gasteiger partial charge is 0.416 e. The van der Waals surface area contributed by atoms with Crippen LogP contribution in [0.4, 0.5) is 10.6 Å². The minimum atomic E-state index is -0.494. The van der Waals surface area contributed by atoms with E-state index in [0.29, 0.717) is 12.8 Å². The molecule has 2 amide bonds. The van der Waals surface area contributed by atoms with Crippen LogP contribution in [0.15, 0.2) is 42.5 Å². The van der Waals surface area contributed by atoms with Gasteiger partial charge in [-0.15, -0.1) is 0 Å². The third-order valence-corrected chi connectivity index (χ3v) is 6.57. The van der Waals surface area contributed by atoms with Crippen molar-refractivity contribution in [2.24, 2.45) is 0 Å². The van der Waals surface area contributed by atoms with Crippen LogP contribution in [0.5, 0.6) is 0 Å². The van der Waals surface area contributed by atoms with Gasteiger partial charge >= 0.3 is 6.09 Å². The number of fused-ring (bicyclic) bond motifs is 1. The first-order valence-electron chi connectivity index (χ1n) is 12.5. The predicted octanol–water partition coefficient (Wildman–Crippen LogP) is 5.30. The van der Waals surface area contributed by atoms with Crippen LogP contribution in [-0.2, 0) is 28.8 Å². The van der Waals surface area contributed by atoms with Gasteiger partial charge in [0.25, 0.3) is 0 Å². The van der Waals surface area contributed by atoms with Gasteiger partial charge in [0.2, 0.25) is 5.91 Å². The van der Waals surface area contributed by atoms with Crippen LogP contribution in [0.25, 0.3) is 0 Å². The molecule has 33 heavy (non-hydrogen) atoms. The summed E-state index contributed by atoms with van der Waals surface area (Å²) in [5, 5.41) is 3.40. The summed E-state index contributed by atoms with van der Waals surface area (Å²) in [6.07, 6.45) is 10.3. The predicted molar refractivity (Wildman–Crippen MR) is 129 cm³/mol. The van der Waals surface area contributed by atoms with Crippen LogP contribution in [0, 0.1) is 0 Å². The van der Waals surface area contributed by atoms with Crippen molar-refractivity contribution in [1.29, 1.82) is 0 Å². The third kappa shape index (κ3) is 6.56. The van der Waals surface area contributed by atoms with Crippen molar-refractivity contribution >= 4 is 17.8 Å². The fourth-order valence-corrected chi connectivity index (χ4v) is 4.72. The van der Waals surface area contributed by atoms with E-state index in [9.17, 15) is 9.59 Å². The van der Waals surface area contributed by atoms with Crippen LogP contribution in [0.1, 0.15) is 68.2 Å². The van der Waals surface area contributed by atoms with Gasteiger partial charge in [0.05, 0.1) is 6.04 Å². The number of nitrogens with one attached hydrogen (secondary N) is 1. The van der Waals surface area contributed by atoms with E-state index in [1.807, 2.05) is 30.3 Å². The van der Waals surface area contributed by atoms with E-state index in [1.165, 1.54) is 35.4 Å². The molecule has 1 atom stereocenters. The summed E-state index contributed by atoms with van der Waals surface area (Å²) < 4.78 is 5.17. The molecule has 1 aromatic heterocycles. The number of cyclic esters (lactones) is 1. The summed E-state index contributed by atoms with van der Waals surface area (Å²) in [6, 6.07) is 14.1. The van der Waals surface area contributed by atoms with Gasteiger partial charge in [0.1, 0.15) is 12.4 Å². The van der Waals surface area contributed by atoms with Gasteiger partial charge in [0, 0.05) is 18.7 Å². The van der Waals surface area contributed by atoms with E-state index >= 15 is 0 Å². The number of carbonyl (C=O) groups is 2. The second-order valence-electron chi connectivity index (χ2n) is 9.15. The topological polar surface area (TPSA) is 71.5 Å². The molecule has 1 N–H and O–H groups in total. The summed E-state index contributed by atoms with van der Waals surface area (Å²) in [5.74, 6) is 0.974. The number of aryl methyl sites for hydroxylation is 2. The van der Waals surface area contributed by atoms with Crippen molar-refractivity contribution in [1.82, 2.24) is 9.88 Å².